The fourth-order valence-electron chi connectivity index (χ4n) is 3.73. The highest BCUT2D eigenvalue weighted by atomic mass is 16.5. The van der Waals surface area contributed by atoms with Crippen LogP contribution in [0.2, 0.25) is 0 Å². The van der Waals surface area contributed by atoms with Gasteiger partial charge in [-0.25, -0.2) is 14.5 Å². The molecule has 3 heterocycles. The van der Waals surface area contributed by atoms with E-state index in [0.717, 1.165) is 33.5 Å². The molecule has 1 atom stereocenters. The van der Waals surface area contributed by atoms with Crippen molar-refractivity contribution < 1.29 is 9.53 Å². The number of amides is 2. The molecular weight excluding hydrogens is 430 g/mol. The highest BCUT2D eigenvalue weighted by Crippen LogP contribution is 2.24. The van der Waals surface area contributed by atoms with E-state index in [0.29, 0.717) is 25.5 Å². The van der Waals surface area contributed by atoms with Crippen molar-refractivity contribution in [3.05, 3.63) is 77.9 Å². The van der Waals surface area contributed by atoms with Crippen molar-refractivity contribution in [1.82, 2.24) is 30.4 Å². The summed E-state index contributed by atoms with van der Waals surface area (Å²) in [6, 6.07) is 15.1. The predicted octanol–water partition coefficient (Wildman–Crippen LogP) is 3.74. The highest BCUT2D eigenvalue weighted by molar-refractivity contribution is 5.92. The van der Waals surface area contributed by atoms with Gasteiger partial charge in [-0.05, 0) is 37.6 Å². The zero-order chi connectivity index (χ0) is 23.9. The van der Waals surface area contributed by atoms with Gasteiger partial charge in [-0.15, -0.1) is 0 Å². The SMILES string of the molecule is COCCNCc1nc(NC(=O)NC(C)c2ccccc2)cc2cnn(-c3ccnc(C)c3)c12. The predicted molar refractivity (Wildman–Crippen MR) is 132 cm³/mol. The third kappa shape index (κ3) is 5.56. The molecule has 0 spiro atoms. The summed E-state index contributed by atoms with van der Waals surface area (Å²) < 4.78 is 6.99. The average molecular weight is 460 g/mol. The van der Waals surface area contributed by atoms with Gasteiger partial charge in [0.2, 0.25) is 0 Å². The van der Waals surface area contributed by atoms with Gasteiger partial charge in [0, 0.05) is 37.5 Å². The third-order valence-electron chi connectivity index (χ3n) is 5.41. The molecule has 1 unspecified atom stereocenters. The van der Waals surface area contributed by atoms with E-state index >= 15 is 0 Å². The minimum Gasteiger partial charge on any atom is -0.383 e. The number of nitrogens with zero attached hydrogens (tertiary/aromatic N) is 4. The maximum atomic E-state index is 12.7. The van der Waals surface area contributed by atoms with E-state index < -0.39 is 0 Å². The Morgan fingerprint density at radius 1 is 1.18 bits per heavy atom. The van der Waals surface area contributed by atoms with Crippen molar-refractivity contribution >= 4 is 22.8 Å². The number of rotatable bonds is 9. The zero-order valence-corrected chi connectivity index (χ0v) is 19.6. The molecular formula is C25H29N7O2. The molecule has 0 bridgehead atoms. The summed E-state index contributed by atoms with van der Waals surface area (Å²) in [4.78, 5) is 21.7. The Morgan fingerprint density at radius 2 is 2.00 bits per heavy atom. The maximum Gasteiger partial charge on any atom is 0.320 e. The van der Waals surface area contributed by atoms with E-state index in [1.165, 1.54) is 0 Å². The van der Waals surface area contributed by atoms with Crippen LogP contribution in [0.4, 0.5) is 10.6 Å². The van der Waals surface area contributed by atoms with Gasteiger partial charge in [0.1, 0.15) is 5.82 Å². The number of nitrogens with one attached hydrogen (secondary N) is 3. The molecule has 34 heavy (non-hydrogen) atoms. The lowest BCUT2D eigenvalue weighted by atomic mass is 10.1. The topological polar surface area (TPSA) is 106 Å². The first-order valence-corrected chi connectivity index (χ1v) is 11.2. The molecule has 0 aliphatic carbocycles. The van der Waals surface area contributed by atoms with Gasteiger partial charge in [-0.2, -0.15) is 5.10 Å². The zero-order valence-electron chi connectivity index (χ0n) is 19.6. The number of hydrogen-bond donors (Lipinski definition) is 3. The van der Waals surface area contributed by atoms with Crippen LogP contribution in [0.1, 0.15) is 29.9 Å². The van der Waals surface area contributed by atoms with Crippen molar-refractivity contribution in [2.75, 3.05) is 25.6 Å². The summed E-state index contributed by atoms with van der Waals surface area (Å²) >= 11 is 0. The van der Waals surface area contributed by atoms with Crippen LogP contribution in [0.5, 0.6) is 0 Å². The van der Waals surface area contributed by atoms with Crippen LogP contribution in [0, 0.1) is 6.92 Å². The summed E-state index contributed by atoms with van der Waals surface area (Å²) in [6.45, 7) is 5.64. The summed E-state index contributed by atoms with van der Waals surface area (Å²) in [5.41, 5.74) is 4.47. The van der Waals surface area contributed by atoms with Crippen LogP contribution >= 0.6 is 0 Å². The number of carbonyl (C=O) groups is 1. The molecule has 0 radical (unpaired) electrons. The molecule has 0 fully saturated rings. The second-order valence-corrected chi connectivity index (χ2v) is 8.00. The minimum atomic E-state index is -0.321. The van der Waals surface area contributed by atoms with Gasteiger partial charge < -0.3 is 15.4 Å². The van der Waals surface area contributed by atoms with Gasteiger partial charge in [-0.3, -0.25) is 10.3 Å². The van der Waals surface area contributed by atoms with Crippen molar-refractivity contribution in [2.45, 2.75) is 26.4 Å². The fraction of sp³-hybridized carbons (Fsp3) is 0.280. The van der Waals surface area contributed by atoms with E-state index in [4.69, 9.17) is 9.72 Å². The molecule has 0 saturated heterocycles. The summed E-state index contributed by atoms with van der Waals surface area (Å²) in [5.74, 6) is 0.458. The number of fused-ring (bicyclic) bond motifs is 1. The van der Waals surface area contributed by atoms with E-state index in [-0.39, 0.29) is 12.1 Å². The normalized spacial score (nSPS) is 12.0. The molecule has 0 aliphatic heterocycles. The van der Waals surface area contributed by atoms with Crippen LogP contribution in [-0.2, 0) is 11.3 Å². The number of ether oxygens (including phenoxy) is 1. The first kappa shape index (κ1) is 23.3. The Kier molecular flexibility index (Phi) is 7.46. The third-order valence-corrected chi connectivity index (χ3v) is 5.41. The Morgan fingerprint density at radius 3 is 2.76 bits per heavy atom. The maximum absolute atomic E-state index is 12.7. The largest absolute Gasteiger partial charge is 0.383 e. The smallest absolute Gasteiger partial charge is 0.320 e. The molecule has 4 aromatic rings. The lowest BCUT2D eigenvalue weighted by Crippen LogP contribution is -2.31. The highest BCUT2D eigenvalue weighted by Gasteiger charge is 2.16. The monoisotopic (exact) mass is 459 g/mol. The van der Waals surface area contributed by atoms with E-state index in [1.54, 1.807) is 19.5 Å². The van der Waals surface area contributed by atoms with Crippen molar-refractivity contribution in [2.24, 2.45) is 0 Å². The minimum absolute atomic E-state index is 0.141. The van der Waals surface area contributed by atoms with Gasteiger partial charge in [-0.1, -0.05) is 30.3 Å². The number of aromatic nitrogens is 4. The average Bonchev–Trinajstić information content (AvgIpc) is 3.26. The molecule has 3 aromatic heterocycles. The molecule has 176 valence electrons. The lowest BCUT2D eigenvalue weighted by molar-refractivity contribution is 0.199. The fourth-order valence-corrected chi connectivity index (χ4v) is 3.73. The second-order valence-electron chi connectivity index (χ2n) is 8.00. The van der Waals surface area contributed by atoms with Gasteiger partial charge in [0.15, 0.2) is 0 Å². The first-order valence-electron chi connectivity index (χ1n) is 11.2. The molecule has 3 N–H and O–H groups in total. The van der Waals surface area contributed by atoms with Crippen LogP contribution in [0.15, 0.2) is 60.9 Å². The Balaban J connectivity index is 1.60. The lowest BCUT2D eigenvalue weighted by Gasteiger charge is -2.16. The summed E-state index contributed by atoms with van der Waals surface area (Å²) in [6.07, 6.45) is 3.54. The van der Waals surface area contributed by atoms with Crippen molar-refractivity contribution in [3.63, 3.8) is 0 Å². The summed E-state index contributed by atoms with van der Waals surface area (Å²) in [5, 5.41) is 14.6. The molecule has 1 aromatic carbocycles. The van der Waals surface area contributed by atoms with Crippen LogP contribution in [0.3, 0.4) is 0 Å². The number of pyridine rings is 2. The van der Waals surface area contributed by atoms with Crippen molar-refractivity contribution in [1.29, 1.82) is 0 Å². The number of carbonyl (C=O) groups excluding carboxylic acids is 1. The number of urea groups is 1. The Hall–Kier alpha value is -3.82. The first-order chi connectivity index (χ1) is 16.5. The second kappa shape index (κ2) is 10.9. The summed E-state index contributed by atoms with van der Waals surface area (Å²) in [7, 11) is 1.67. The number of benzene rings is 1. The standard InChI is InChI=1S/C25H29N7O2/c1-17-13-21(9-10-27-17)32-24-20(15-28-32)14-23(30-22(24)16-26-11-12-34-3)31-25(33)29-18(2)19-7-5-4-6-8-19/h4-10,13-15,18,26H,11-12,16H2,1-3H3,(H2,29,30,31,33). The van der Waals surface area contributed by atoms with Crippen LogP contribution in [0.25, 0.3) is 16.6 Å². The van der Waals surface area contributed by atoms with Crippen LogP contribution in [-0.4, -0.2) is 46.0 Å². The molecule has 0 saturated carbocycles. The van der Waals surface area contributed by atoms with Gasteiger partial charge in [0.25, 0.3) is 0 Å². The number of aryl methyl sites for hydroxylation is 1. The molecule has 9 heteroatoms. The Bertz CT molecular complexity index is 1260. The van der Waals surface area contributed by atoms with E-state index in [2.05, 4.69) is 26.0 Å². The van der Waals surface area contributed by atoms with Crippen LogP contribution < -0.4 is 16.0 Å². The molecule has 0 aliphatic rings. The van der Waals surface area contributed by atoms with Gasteiger partial charge >= 0.3 is 6.03 Å². The molecule has 2 amide bonds. The van der Waals surface area contributed by atoms with E-state index in [1.807, 2.05) is 67.1 Å². The quantitative estimate of drug-likeness (QED) is 0.329. The molecule has 9 nitrogen and oxygen atoms in total. The number of anilines is 1. The number of methoxy groups -OCH3 is 1. The number of hydrogen-bond acceptors (Lipinski definition) is 6. The van der Waals surface area contributed by atoms with E-state index in [9.17, 15) is 4.79 Å². The Labute approximate surface area is 198 Å². The van der Waals surface area contributed by atoms with Crippen molar-refractivity contribution in [3.8, 4) is 5.69 Å². The molecule has 4 rings (SSSR count). The van der Waals surface area contributed by atoms with Gasteiger partial charge in [0.05, 0.1) is 35.7 Å².